The Kier molecular flexibility index (Phi) is 8.50. The maximum absolute atomic E-state index is 12.2. The van der Waals surface area contributed by atoms with Crippen LogP contribution < -0.4 is 0 Å². The van der Waals surface area contributed by atoms with Crippen molar-refractivity contribution in [3.05, 3.63) is 82.1 Å². The van der Waals surface area contributed by atoms with Gasteiger partial charge in [0.25, 0.3) is 0 Å². The molecule has 1 saturated heterocycles. The molecule has 3 aliphatic rings. The maximum Gasteiger partial charge on any atom is 0.418 e. The molecular formula is C26H30ClNO8. The van der Waals surface area contributed by atoms with Gasteiger partial charge in [-0.1, -0.05) is 35.9 Å². The second-order valence-electron chi connectivity index (χ2n) is 8.72. The van der Waals surface area contributed by atoms with Crippen LogP contribution >= 0.6 is 11.6 Å². The van der Waals surface area contributed by atoms with Crippen LogP contribution in [-0.4, -0.2) is 69.0 Å². The summed E-state index contributed by atoms with van der Waals surface area (Å²) in [7, 11) is 0. The molecule has 1 amide bonds. The summed E-state index contributed by atoms with van der Waals surface area (Å²) in [4.78, 5) is 13.5. The van der Waals surface area contributed by atoms with Crippen LogP contribution in [-0.2, 0) is 20.6 Å². The van der Waals surface area contributed by atoms with Gasteiger partial charge in [-0.2, -0.15) is 0 Å². The number of nitrogens with zero attached hydrogens (tertiary/aromatic N) is 1. The highest BCUT2D eigenvalue weighted by Gasteiger charge is 2.44. The smallest absolute Gasteiger partial charge is 0.418 e. The standard InChI is InChI=1S/C26H30ClNO8/c1-2-34-26(33)28-9-10-35-20(13-28)18-6-4-3-5-15(18)11-17-12-16(7-8-19(17)27)25-24(32)23(31)22(30)21(14-29)36-25/h3,5,7-10,12-13,21-25,29-32H,2,4,6,11,14H2,1H3. The fraction of sp³-hybridized carbons (Fsp3) is 0.423. The molecule has 2 heterocycles. The molecule has 0 bridgehead atoms. The lowest BCUT2D eigenvalue weighted by Crippen LogP contribution is -2.55. The number of rotatable bonds is 6. The van der Waals surface area contributed by atoms with Gasteiger partial charge in [-0.3, -0.25) is 4.90 Å². The summed E-state index contributed by atoms with van der Waals surface area (Å²) >= 11 is 6.53. The molecule has 2 aliphatic heterocycles. The monoisotopic (exact) mass is 519 g/mol. The van der Waals surface area contributed by atoms with E-state index < -0.39 is 43.2 Å². The van der Waals surface area contributed by atoms with Crippen molar-refractivity contribution in [3.8, 4) is 0 Å². The highest BCUT2D eigenvalue weighted by atomic mass is 35.5. The van der Waals surface area contributed by atoms with Gasteiger partial charge in [0.05, 0.1) is 25.6 Å². The molecular weight excluding hydrogens is 490 g/mol. The molecule has 194 valence electrons. The first-order valence-corrected chi connectivity index (χ1v) is 12.2. The van der Waals surface area contributed by atoms with Gasteiger partial charge in [-0.05, 0) is 49.0 Å². The van der Waals surface area contributed by atoms with E-state index in [1.807, 2.05) is 6.08 Å². The Morgan fingerprint density at radius 2 is 2.03 bits per heavy atom. The highest BCUT2D eigenvalue weighted by molar-refractivity contribution is 6.31. The minimum Gasteiger partial charge on any atom is -0.462 e. The Labute approximate surface area is 214 Å². The number of carbonyl (C=O) groups is 1. The van der Waals surface area contributed by atoms with Crippen LogP contribution in [0.2, 0.25) is 5.02 Å². The number of benzene rings is 1. The molecule has 0 radical (unpaired) electrons. The van der Waals surface area contributed by atoms with Crippen molar-refractivity contribution in [3.63, 3.8) is 0 Å². The third kappa shape index (κ3) is 5.51. The van der Waals surface area contributed by atoms with E-state index in [0.717, 1.165) is 23.1 Å². The van der Waals surface area contributed by atoms with Gasteiger partial charge in [-0.15, -0.1) is 0 Å². The third-order valence-corrected chi connectivity index (χ3v) is 6.76. The van der Waals surface area contributed by atoms with E-state index in [2.05, 4.69) is 6.08 Å². The lowest BCUT2D eigenvalue weighted by atomic mass is 9.88. The van der Waals surface area contributed by atoms with Crippen LogP contribution in [0.15, 0.2) is 65.9 Å². The summed E-state index contributed by atoms with van der Waals surface area (Å²) in [5, 5.41) is 40.8. The van der Waals surface area contributed by atoms with Gasteiger partial charge in [0.1, 0.15) is 42.5 Å². The van der Waals surface area contributed by atoms with Crippen molar-refractivity contribution in [1.82, 2.24) is 4.90 Å². The van der Waals surface area contributed by atoms with Crippen molar-refractivity contribution in [2.24, 2.45) is 0 Å². The average Bonchev–Trinajstić information content (AvgIpc) is 2.89. The first-order valence-electron chi connectivity index (χ1n) is 11.8. The van der Waals surface area contributed by atoms with E-state index in [1.165, 1.54) is 17.4 Å². The molecule has 5 unspecified atom stereocenters. The zero-order valence-corrected chi connectivity index (χ0v) is 20.5. The average molecular weight is 520 g/mol. The fourth-order valence-electron chi connectivity index (χ4n) is 4.48. The summed E-state index contributed by atoms with van der Waals surface area (Å²) < 4.78 is 16.5. The summed E-state index contributed by atoms with van der Waals surface area (Å²) in [6.07, 6.45) is 3.74. The summed E-state index contributed by atoms with van der Waals surface area (Å²) in [6, 6.07) is 5.14. The lowest BCUT2D eigenvalue weighted by Gasteiger charge is -2.40. The van der Waals surface area contributed by atoms with E-state index in [1.54, 1.807) is 31.3 Å². The fourth-order valence-corrected chi connectivity index (χ4v) is 4.66. The molecule has 10 heteroatoms. The molecule has 0 aromatic heterocycles. The Bertz CT molecular complexity index is 1100. The van der Waals surface area contributed by atoms with Gasteiger partial charge in [-0.25, -0.2) is 4.79 Å². The zero-order chi connectivity index (χ0) is 25.8. The second kappa shape index (κ2) is 11.6. The highest BCUT2D eigenvalue weighted by Crippen LogP contribution is 2.36. The predicted octanol–water partition coefficient (Wildman–Crippen LogP) is 2.85. The molecule has 0 saturated carbocycles. The first kappa shape index (κ1) is 26.4. The third-order valence-electron chi connectivity index (χ3n) is 6.39. The summed E-state index contributed by atoms with van der Waals surface area (Å²) in [5.74, 6) is 0.533. The van der Waals surface area contributed by atoms with Crippen LogP contribution in [0.4, 0.5) is 4.79 Å². The predicted molar refractivity (Wildman–Crippen MR) is 130 cm³/mol. The number of aliphatic hydroxyl groups excluding tert-OH is 4. The summed E-state index contributed by atoms with van der Waals surface area (Å²) in [5.41, 5.74) is 3.17. The van der Waals surface area contributed by atoms with E-state index in [-0.39, 0.29) is 6.61 Å². The molecule has 4 rings (SSSR count). The lowest BCUT2D eigenvalue weighted by molar-refractivity contribution is -0.231. The zero-order valence-electron chi connectivity index (χ0n) is 19.8. The summed E-state index contributed by atoms with van der Waals surface area (Å²) in [6.45, 7) is 1.49. The number of aliphatic hydroxyl groups is 4. The molecule has 0 spiro atoms. The van der Waals surface area contributed by atoms with Crippen molar-refractivity contribution in [1.29, 1.82) is 0 Å². The van der Waals surface area contributed by atoms with E-state index in [0.29, 0.717) is 29.2 Å². The molecule has 4 N–H and O–H groups in total. The van der Waals surface area contributed by atoms with Gasteiger partial charge in [0.2, 0.25) is 0 Å². The topological polar surface area (TPSA) is 129 Å². The Morgan fingerprint density at radius 3 is 2.78 bits per heavy atom. The molecule has 9 nitrogen and oxygen atoms in total. The van der Waals surface area contributed by atoms with Gasteiger partial charge >= 0.3 is 6.09 Å². The number of ether oxygens (including phenoxy) is 3. The Morgan fingerprint density at radius 1 is 1.22 bits per heavy atom. The van der Waals surface area contributed by atoms with Crippen LogP contribution in [0, 0.1) is 0 Å². The molecule has 5 atom stereocenters. The SMILES string of the molecule is CCOC(=O)N1C=COC(C2=C(Cc3cc(C4OC(CO)C(O)C(O)C4O)ccc3Cl)C=CCC2)=C1. The van der Waals surface area contributed by atoms with Gasteiger partial charge < -0.3 is 34.6 Å². The maximum atomic E-state index is 12.2. The Hall–Kier alpha value is -2.66. The quantitative estimate of drug-likeness (QED) is 0.451. The van der Waals surface area contributed by atoms with E-state index in [4.69, 9.17) is 25.8 Å². The first-order chi connectivity index (χ1) is 17.3. The number of hydrogen-bond donors (Lipinski definition) is 4. The van der Waals surface area contributed by atoms with Gasteiger partial charge in [0, 0.05) is 10.6 Å². The Balaban J connectivity index is 1.62. The molecule has 1 aromatic rings. The van der Waals surface area contributed by atoms with E-state index in [9.17, 15) is 25.2 Å². The number of amides is 1. The minimum absolute atomic E-state index is 0.257. The van der Waals surface area contributed by atoms with Crippen molar-refractivity contribution in [2.75, 3.05) is 13.2 Å². The van der Waals surface area contributed by atoms with Crippen LogP contribution in [0.5, 0.6) is 0 Å². The van der Waals surface area contributed by atoms with E-state index >= 15 is 0 Å². The van der Waals surface area contributed by atoms with Crippen molar-refractivity contribution < 1.29 is 39.4 Å². The van der Waals surface area contributed by atoms with Crippen molar-refractivity contribution >= 4 is 17.7 Å². The van der Waals surface area contributed by atoms with Gasteiger partial charge in [0.15, 0.2) is 0 Å². The van der Waals surface area contributed by atoms with Crippen LogP contribution in [0.25, 0.3) is 0 Å². The second-order valence-corrected chi connectivity index (χ2v) is 9.13. The molecule has 1 aromatic carbocycles. The number of hydrogen-bond acceptors (Lipinski definition) is 8. The number of allylic oxidation sites excluding steroid dienone is 4. The van der Waals surface area contributed by atoms with Crippen LogP contribution in [0.1, 0.15) is 37.0 Å². The minimum atomic E-state index is -1.47. The number of carbonyl (C=O) groups excluding carboxylic acids is 1. The van der Waals surface area contributed by atoms with Crippen LogP contribution in [0.3, 0.4) is 0 Å². The number of halogens is 1. The van der Waals surface area contributed by atoms with Crippen molar-refractivity contribution in [2.45, 2.75) is 56.7 Å². The molecule has 36 heavy (non-hydrogen) atoms. The molecule has 1 aliphatic carbocycles. The largest absolute Gasteiger partial charge is 0.462 e. The molecule has 1 fully saturated rings. The normalized spacial score (nSPS) is 28.1.